The van der Waals surface area contributed by atoms with Crippen molar-refractivity contribution >= 4 is 32.9 Å². The van der Waals surface area contributed by atoms with Gasteiger partial charge in [-0.25, -0.2) is 0 Å². The van der Waals surface area contributed by atoms with Gasteiger partial charge in [0.25, 0.3) is 0 Å². The van der Waals surface area contributed by atoms with Crippen molar-refractivity contribution in [3.8, 4) is 5.75 Å². The summed E-state index contributed by atoms with van der Waals surface area (Å²) in [6.45, 7) is 12.0. The van der Waals surface area contributed by atoms with Crippen LogP contribution in [0.2, 0.25) is 0 Å². The Morgan fingerprint density at radius 3 is 2.22 bits per heavy atom. The predicted octanol–water partition coefficient (Wildman–Crippen LogP) is 4.90. The first-order chi connectivity index (χ1) is 14.5. The lowest BCUT2D eigenvalue weighted by Gasteiger charge is -2.17. The first-order valence-corrected chi connectivity index (χ1v) is 11.0. The molecule has 0 spiro atoms. The minimum absolute atomic E-state index is 0.0140. The molecular formula is C22H27F3O6S. The molecule has 2 rings (SSSR count). The maximum absolute atomic E-state index is 12.8. The molecule has 2 aromatic rings. The van der Waals surface area contributed by atoms with E-state index in [2.05, 4.69) is 10.8 Å². The van der Waals surface area contributed by atoms with Crippen LogP contribution in [0.1, 0.15) is 44.4 Å². The lowest BCUT2D eigenvalue weighted by Crippen LogP contribution is -2.28. The molecule has 0 aliphatic heterocycles. The average Bonchev–Trinajstić information content (AvgIpc) is 2.61. The first kappa shape index (κ1) is 27.4. The van der Waals surface area contributed by atoms with Gasteiger partial charge >= 0.3 is 21.6 Å². The van der Waals surface area contributed by atoms with Gasteiger partial charge in [-0.3, -0.25) is 4.79 Å². The van der Waals surface area contributed by atoms with Crippen LogP contribution in [-0.4, -0.2) is 37.2 Å². The van der Waals surface area contributed by atoms with E-state index in [0.717, 1.165) is 0 Å². The van der Waals surface area contributed by atoms with Gasteiger partial charge in [0.05, 0.1) is 18.6 Å². The standard InChI is InChI=1S/C18H17F3O5S.C4H10O/c1-4-12-6-7-14-13(9-12)8-11(3)15(10-16(22)25-5-2)17(14)26-27(23,24)18(19,20)21;1-4(2,3)5/h4,6-9H,1,5,10H2,2-3H3;5H,1-3H3. The lowest BCUT2D eigenvalue weighted by atomic mass is 9.97. The minimum atomic E-state index is -5.92. The topological polar surface area (TPSA) is 89.9 Å². The number of alkyl halides is 3. The van der Waals surface area contributed by atoms with E-state index in [1.807, 2.05) is 0 Å². The SMILES string of the molecule is C=Cc1ccc2c(OS(=O)(=O)C(F)(F)F)c(CC(=O)OCC)c(C)cc2c1.CC(C)(C)O. The summed E-state index contributed by atoms with van der Waals surface area (Å²) in [6.07, 6.45) is 1.11. The molecule has 178 valence electrons. The number of benzene rings is 2. The smallest absolute Gasteiger partial charge is 0.466 e. The van der Waals surface area contributed by atoms with Crippen molar-refractivity contribution in [1.29, 1.82) is 0 Å². The van der Waals surface area contributed by atoms with E-state index in [1.165, 1.54) is 12.1 Å². The fraction of sp³-hybridized carbons (Fsp3) is 0.409. The van der Waals surface area contributed by atoms with Crippen LogP contribution in [0.3, 0.4) is 0 Å². The maximum atomic E-state index is 12.8. The Labute approximate surface area is 185 Å². The van der Waals surface area contributed by atoms with Crippen molar-refractivity contribution in [1.82, 2.24) is 0 Å². The van der Waals surface area contributed by atoms with Crippen molar-refractivity contribution in [2.75, 3.05) is 6.61 Å². The molecule has 0 atom stereocenters. The van der Waals surface area contributed by atoms with Crippen LogP contribution in [0.25, 0.3) is 16.8 Å². The van der Waals surface area contributed by atoms with Crippen molar-refractivity contribution in [3.63, 3.8) is 0 Å². The summed E-state index contributed by atoms with van der Waals surface area (Å²) in [5, 5.41) is 9.09. The highest BCUT2D eigenvalue weighted by molar-refractivity contribution is 7.88. The number of esters is 1. The van der Waals surface area contributed by atoms with E-state index < -0.39 is 39.4 Å². The average molecular weight is 477 g/mol. The summed E-state index contributed by atoms with van der Waals surface area (Å²) in [7, 11) is -5.92. The third kappa shape index (κ3) is 7.83. The van der Waals surface area contributed by atoms with Crippen LogP contribution in [-0.2, 0) is 26.1 Å². The highest BCUT2D eigenvalue weighted by atomic mass is 32.2. The number of aryl methyl sites for hydroxylation is 1. The fourth-order valence-corrected chi connectivity index (χ4v) is 3.03. The first-order valence-electron chi connectivity index (χ1n) is 9.57. The molecule has 0 radical (unpaired) electrons. The van der Waals surface area contributed by atoms with Crippen molar-refractivity contribution < 1.29 is 40.4 Å². The Balaban J connectivity index is 0.000000920. The number of rotatable bonds is 6. The number of ether oxygens (including phenoxy) is 1. The van der Waals surface area contributed by atoms with Crippen LogP contribution in [0.5, 0.6) is 5.75 Å². The molecule has 0 unspecified atom stereocenters. The third-order valence-electron chi connectivity index (χ3n) is 3.78. The second-order valence-corrected chi connectivity index (χ2v) is 9.36. The van der Waals surface area contributed by atoms with Gasteiger partial charge in [0.1, 0.15) is 0 Å². The van der Waals surface area contributed by atoms with E-state index >= 15 is 0 Å². The van der Waals surface area contributed by atoms with E-state index in [-0.39, 0.29) is 17.6 Å². The van der Waals surface area contributed by atoms with Crippen LogP contribution in [0.15, 0.2) is 30.8 Å². The van der Waals surface area contributed by atoms with E-state index in [1.54, 1.807) is 52.8 Å². The van der Waals surface area contributed by atoms with Gasteiger partial charge in [-0.2, -0.15) is 21.6 Å². The Kier molecular flexibility index (Phi) is 8.88. The molecule has 1 N–H and O–H groups in total. The Bertz CT molecular complexity index is 1080. The Morgan fingerprint density at radius 2 is 1.75 bits per heavy atom. The summed E-state index contributed by atoms with van der Waals surface area (Å²) in [6, 6.07) is 6.22. The largest absolute Gasteiger partial charge is 0.534 e. The Hall–Kier alpha value is -2.59. The molecule has 0 saturated carbocycles. The molecule has 0 fully saturated rings. The molecule has 10 heteroatoms. The van der Waals surface area contributed by atoms with Crippen LogP contribution < -0.4 is 4.18 Å². The molecule has 32 heavy (non-hydrogen) atoms. The number of aliphatic hydroxyl groups is 1. The summed E-state index contributed by atoms with van der Waals surface area (Å²) >= 11 is 0. The number of carbonyl (C=O) groups excluding carboxylic acids is 1. The molecule has 0 aromatic heterocycles. The third-order valence-corrected chi connectivity index (χ3v) is 4.73. The monoisotopic (exact) mass is 476 g/mol. The zero-order valence-corrected chi connectivity index (χ0v) is 19.4. The van der Waals surface area contributed by atoms with Crippen molar-refractivity contribution in [3.05, 3.63) is 47.5 Å². The fourth-order valence-electron chi connectivity index (χ4n) is 2.52. The summed E-state index contributed by atoms with van der Waals surface area (Å²) < 4.78 is 71.0. The number of halogens is 3. The molecule has 0 bridgehead atoms. The number of carbonyl (C=O) groups is 1. The quantitative estimate of drug-likeness (QED) is 0.362. The second-order valence-electron chi connectivity index (χ2n) is 7.82. The van der Waals surface area contributed by atoms with Gasteiger partial charge < -0.3 is 14.0 Å². The van der Waals surface area contributed by atoms with Gasteiger partial charge in [-0.1, -0.05) is 24.8 Å². The minimum Gasteiger partial charge on any atom is -0.466 e. The highest BCUT2D eigenvalue weighted by Gasteiger charge is 2.49. The highest BCUT2D eigenvalue weighted by Crippen LogP contribution is 2.37. The van der Waals surface area contributed by atoms with Gasteiger partial charge in [-0.05, 0) is 63.3 Å². The van der Waals surface area contributed by atoms with E-state index in [4.69, 9.17) is 9.84 Å². The van der Waals surface area contributed by atoms with Crippen LogP contribution in [0.4, 0.5) is 13.2 Å². The second kappa shape index (κ2) is 10.4. The van der Waals surface area contributed by atoms with Gasteiger partial charge in [0, 0.05) is 10.9 Å². The molecule has 0 saturated heterocycles. The zero-order valence-electron chi connectivity index (χ0n) is 18.5. The summed E-state index contributed by atoms with van der Waals surface area (Å²) in [5.41, 5.74) is -5.01. The maximum Gasteiger partial charge on any atom is 0.534 e. The molecule has 0 amide bonds. The zero-order chi connectivity index (χ0) is 24.9. The van der Waals surface area contributed by atoms with E-state index in [0.29, 0.717) is 16.5 Å². The van der Waals surface area contributed by atoms with Gasteiger partial charge in [-0.15, -0.1) is 0 Å². The molecule has 0 heterocycles. The van der Waals surface area contributed by atoms with E-state index in [9.17, 15) is 26.4 Å². The number of fused-ring (bicyclic) bond motifs is 1. The molecule has 6 nitrogen and oxygen atoms in total. The number of hydrogen-bond donors (Lipinski definition) is 1. The number of hydrogen-bond acceptors (Lipinski definition) is 6. The van der Waals surface area contributed by atoms with Crippen LogP contribution >= 0.6 is 0 Å². The van der Waals surface area contributed by atoms with Crippen LogP contribution in [0, 0.1) is 6.92 Å². The predicted molar refractivity (Wildman–Crippen MR) is 117 cm³/mol. The molecular weight excluding hydrogens is 449 g/mol. The summed E-state index contributed by atoms with van der Waals surface area (Å²) in [5.74, 6) is -1.25. The molecule has 0 aliphatic carbocycles. The van der Waals surface area contributed by atoms with Gasteiger partial charge in [0.2, 0.25) is 0 Å². The van der Waals surface area contributed by atoms with Crippen molar-refractivity contribution in [2.45, 2.75) is 52.1 Å². The molecule has 2 aromatic carbocycles. The van der Waals surface area contributed by atoms with Gasteiger partial charge in [0.15, 0.2) is 5.75 Å². The Morgan fingerprint density at radius 1 is 1.19 bits per heavy atom. The lowest BCUT2D eigenvalue weighted by molar-refractivity contribution is -0.142. The normalized spacial score (nSPS) is 12.0. The molecule has 0 aliphatic rings. The summed E-state index contributed by atoms with van der Waals surface area (Å²) in [4.78, 5) is 11.9. The van der Waals surface area contributed by atoms with Crippen molar-refractivity contribution in [2.24, 2.45) is 0 Å².